The molecular formula is C14H12F3N3O3S. The lowest BCUT2D eigenvalue weighted by molar-refractivity contribution is -0.380. The summed E-state index contributed by atoms with van der Waals surface area (Å²) >= 11 is 0.657. The average molecular weight is 359 g/mol. The average Bonchev–Trinajstić information content (AvgIpc) is 2.97. The van der Waals surface area contributed by atoms with Crippen LogP contribution in [0.25, 0.3) is 0 Å². The van der Waals surface area contributed by atoms with Crippen LogP contribution in [-0.2, 0) is 6.42 Å². The fourth-order valence-electron chi connectivity index (χ4n) is 2.04. The highest BCUT2D eigenvalue weighted by molar-refractivity contribution is 7.18. The third-order valence-electron chi connectivity index (χ3n) is 3.22. The number of halogens is 3. The van der Waals surface area contributed by atoms with Gasteiger partial charge in [0.2, 0.25) is 0 Å². The van der Waals surface area contributed by atoms with Gasteiger partial charge in [-0.2, -0.15) is 0 Å². The minimum absolute atomic E-state index is 0.00943. The maximum absolute atomic E-state index is 13.4. The second-order valence-electron chi connectivity index (χ2n) is 4.87. The molecule has 24 heavy (non-hydrogen) atoms. The van der Waals surface area contributed by atoms with Gasteiger partial charge in [-0.3, -0.25) is 20.2 Å². The number of hydrogen-bond acceptors (Lipinski definition) is 5. The topological polar surface area (TPSA) is 85.1 Å². The van der Waals surface area contributed by atoms with Gasteiger partial charge in [0.25, 0.3) is 12.3 Å². The first-order valence-corrected chi connectivity index (χ1v) is 7.53. The minimum atomic E-state index is -3.15. The highest BCUT2D eigenvalue weighted by Gasteiger charge is 2.24. The van der Waals surface area contributed by atoms with Crippen molar-refractivity contribution in [3.63, 3.8) is 0 Å². The molecule has 0 spiro atoms. The van der Waals surface area contributed by atoms with Crippen LogP contribution in [0.1, 0.15) is 21.5 Å². The largest absolute Gasteiger partial charge is 0.345 e. The first-order valence-electron chi connectivity index (χ1n) is 6.72. The predicted molar refractivity (Wildman–Crippen MR) is 82.5 cm³/mol. The lowest BCUT2D eigenvalue weighted by atomic mass is 9.96. The molecule has 0 aliphatic heterocycles. The Bertz CT molecular complexity index is 767. The number of alkyl halides is 3. The Morgan fingerprint density at radius 2 is 2.12 bits per heavy atom. The van der Waals surface area contributed by atoms with E-state index < -0.39 is 29.8 Å². The van der Waals surface area contributed by atoms with Gasteiger partial charge in [-0.05, 0) is 35.5 Å². The van der Waals surface area contributed by atoms with E-state index in [-0.39, 0.29) is 21.3 Å². The van der Waals surface area contributed by atoms with Crippen LogP contribution in [0.5, 0.6) is 0 Å². The molecule has 0 radical (unpaired) electrons. The van der Waals surface area contributed by atoms with Crippen LogP contribution in [0, 0.1) is 17.0 Å². The second kappa shape index (κ2) is 7.39. The number of carbonyl (C=O) groups excluding carboxylic acids is 1. The smallest absolute Gasteiger partial charge is 0.298 e. The number of amides is 1. The highest BCUT2D eigenvalue weighted by atomic mass is 32.1. The number of carbonyl (C=O) groups is 1. The number of benzene rings is 1. The van der Waals surface area contributed by atoms with Crippen molar-refractivity contribution in [1.82, 2.24) is 4.98 Å². The normalized spacial score (nSPS) is 12.2. The number of rotatable bonds is 6. The Kier molecular flexibility index (Phi) is 5.50. The second-order valence-corrected chi connectivity index (χ2v) is 5.88. The van der Waals surface area contributed by atoms with Crippen LogP contribution in [0.3, 0.4) is 0 Å². The summed E-state index contributed by atoms with van der Waals surface area (Å²) in [5, 5.41) is 12.7. The lowest BCUT2D eigenvalue weighted by Crippen LogP contribution is -2.20. The molecule has 0 aliphatic rings. The van der Waals surface area contributed by atoms with Gasteiger partial charge in [0.1, 0.15) is 6.20 Å². The van der Waals surface area contributed by atoms with Gasteiger partial charge in [-0.1, -0.05) is 12.1 Å². The number of nitrogens with one attached hydrogen (secondary N) is 1. The van der Waals surface area contributed by atoms with E-state index in [4.69, 9.17) is 0 Å². The van der Waals surface area contributed by atoms with Crippen LogP contribution >= 0.6 is 11.3 Å². The zero-order chi connectivity index (χ0) is 17.9. The number of hydrogen-bond donors (Lipinski definition) is 1. The zero-order valence-electron chi connectivity index (χ0n) is 12.3. The Hall–Kier alpha value is -2.49. The third kappa shape index (κ3) is 4.07. The molecule has 2 aromatic rings. The number of aryl methyl sites for hydroxylation is 1. The minimum Gasteiger partial charge on any atom is -0.298 e. The molecule has 0 bridgehead atoms. The maximum Gasteiger partial charge on any atom is 0.345 e. The Balaban J connectivity index is 2.25. The molecule has 1 amide bonds. The highest BCUT2D eigenvalue weighted by Crippen LogP contribution is 2.26. The molecule has 10 heteroatoms. The van der Waals surface area contributed by atoms with Crippen molar-refractivity contribution >= 4 is 27.4 Å². The summed E-state index contributed by atoms with van der Waals surface area (Å²) in [4.78, 5) is 25.9. The maximum atomic E-state index is 13.4. The van der Waals surface area contributed by atoms with Crippen molar-refractivity contribution in [3.05, 3.63) is 51.2 Å². The van der Waals surface area contributed by atoms with Gasteiger partial charge < -0.3 is 0 Å². The molecule has 128 valence electrons. The van der Waals surface area contributed by atoms with E-state index >= 15 is 0 Å². The van der Waals surface area contributed by atoms with Crippen molar-refractivity contribution in [2.45, 2.75) is 25.9 Å². The summed E-state index contributed by atoms with van der Waals surface area (Å²) in [6.07, 6.45) is -5.16. The van der Waals surface area contributed by atoms with E-state index in [1.165, 1.54) is 12.1 Å². The molecular weight excluding hydrogens is 347 g/mol. The Morgan fingerprint density at radius 1 is 1.42 bits per heavy atom. The molecule has 0 saturated heterocycles. The van der Waals surface area contributed by atoms with Crippen molar-refractivity contribution in [1.29, 1.82) is 0 Å². The molecule has 1 unspecified atom stereocenters. The van der Waals surface area contributed by atoms with Crippen LogP contribution in [0.4, 0.5) is 23.3 Å². The predicted octanol–water partition coefficient (Wildman–Crippen LogP) is 3.76. The summed E-state index contributed by atoms with van der Waals surface area (Å²) in [6.45, 7) is 1.58. The van der Waals surface area contributed by atoms with Crippen molar-refractivity contribution in [2.75, 3.05) is 5.32 Å². The van der Waals surface area contributed by atoms with Crippen LogP contribution < -0.4 is 5.32 Å². The molecule has 0 saturated carbocycles. The molecule has 1 heterocycles. The van der Waals surface area contributed by atoms with Gasteiger partial charge in [0, 0.05) is 12.0 Å². The van der Waals surface area contributed by atoms with Gasteiger partial charge in [0.15, 0.2) is 11.3 Å². The summed E-state index contributed by atoms with van der Waals surface area (Å²) in [7, 11) is 0. The van der Waals surface area contributed by atoms with Crippen LogP contribution in [-0.4, -0.2) is 28.4 Å². The number of anilines is 1. The van der Waals surface area contributed by atoms with E-state index in [1.807, 2.05) is 0 Å². The first kappa shape index (κ1) is 17.9. The number of thiazole rings is 1. The number of aromatic nitrogens is 1. The standard InChI is InChI=1S/C14H12F3N3O3S/c1-7-3-2-4-8(9(7)5-10(15)12(16)17)13(21)19-14-18-6-11(24-14)20(22)23/h2-4,6,10,12H,5H2,1H3,(H,18,19,21). The van der Waals surface area contributed by atoms with Crippen molar-refractivity contribution < 1.29 is 22.9 Å². The molecule has 1 atom stereocenters. The third-order valence-corrected chi connectivity index (χ3v) is 4.09. The van der Waals surface area contributed by atoms with Crippen LogP contribution in [0.15, 0.2) is 24.4 Å². The van der Waals surface area contributed by atoms with Crippen LogP contribution in [0.2, 0.25) is 0 Å². The molecule has 1 aromatic heterocycles. The number of nitro groups is 1. The number of nitrogens with zero attached hydrogens (tertiary/aromatic N) is 2. The quantitative estimate of drug-likeness (QED) is 0.629. The van der Waals surface area contributed by atoms with E-state index in [1.54, 1.807) is 13.0 Å². The first-order chi connectivity index (χ1) is 11.3. The molecule has 0 fully saturated rings. The van der Waals surface area contributed by atoms with Gasteiger partial charge in [-0.25, -0.2) is 18.2 Å². The summed E-state index contributed by atoms with van der Waals surface area (Å²) in [5.41, 5.74) is 0.682. The van der Waals surface area contributed by atoms with Crippen molar-refractivity contribution in [2.24, 2.45) is 0 Å². The molecule has 6 nitrogen and oxygen atoms in total. The monoisotopic (exact) mass is 359 g/mol. The Morgan fingerprint density at radius 3 is 2.71 bits per heavy atom. The summed E-state index contributed by atoms with van der Waals surface area (Å²) < 4.78 is 38.3. The van der Waals surface area contributed by atoms with Gasteiger partial charge in [0.05, 0.1) is 4.92 Å². The zero-order valence-corrected chi connectivity index (χ0v) is 13.1. The summed E-state index contributed by atoms with van der Waals surface area (Å²) in [6, 6.07) is 4.49. The van der Waals surface area contributed by atoms with E-state index in [9.17, 15) is 28.1 Å². The summed E-state index contributed by atoms with van der Waals surface area (Å²) in [5.74, 6) is -0.695. The fourth-order valence-corrected chi connectivity index (χ4v) is 2.67. The van der Waals surface area contributed by atoms with Gasteiger partial charge >= 0.3 is 5.00 Å². The SMILES string of the molecule is Cc1cccc(C(=O)Nc2ncc([N+](=O)[O-])s2)c1CC(F)C(F)F. The molecule has 1 N–H and O–H groups in total. The molecule has 1 aromatic carbocycles. The van der Waals surface area contributed by atoms with E-state index in [2.05, 4.69) is 10.3 Å². The molecule has 2 rings (SSSR count). The van der Waals surface area contributed by atoms with E-state index in [0.29, 0.717) is 16.9 Å². The van der Waals surface area contributed by atoms with Crippen molar-refractivity contribution in [3.8, 4) is 0 Å². The lowest BCUT2D eigenvalue weighted by Gasteiger charge is -2.14. The van der Waals surface area contributed by atoms with Gasteiger partial charge in [-0.15, -0.1) is 0 Å². The fraction of sp³-hybridized carbons (Fsp3) is 0.286. The Labute approximate surface area is 138 Å². The van der Waals surface area contributed by atoms with E-state index in [0.717, 1.165) is 6.20 Å². The molecule has 0 aliphatic carbocycles.